The number of pyridine rings is 1. The van der Waals surface area contributed by atoms with Gasteiger partial charge in [-0.05, 0) is 53.9 Å². The molecule has 0 radical (unpaired) electrons. The maximum Gasteiger partial charge on any atom is 0.254 e. The van der Waals surface area contributed by atoms with E-state index in [1.165, 1.54) is 0 Å². The molecule has 3 heterocycles. The van der Waals surface area contributed by atoms with Gasteiger partial charge in [0, 0.05) is 30.2 Å². The molecule has 1 N–H and O–H groups in total. The van der Waals surface area contributed by atoms with Crippen LogP contribution in [-0.4, -0.2) is 35.4 Å². The summed E-state index contributed by atoms with van der Waals surface area (Å²) >= 11 is 0. The maximum absolute atomic E-state index is 13.5. The highest BCUT2D eigenvalue weighted by molar-refractivity contribution is 6.08. The van der Waals surface area contributed by atoms with E-state index in [-0.39, 0.29) is 11.8 Å². The number of carbonyl (C=O) groups excluding carboxylic acids is 2. The zero-order valence-corrected chi connectivity index (χ0v) is 16.5. The molecule has 30 heavy (non-hydrogen) atoms. The lowest BCUT2D eigenvalue weighted by Crippen LogP contribution is -2.42. The largest absolute Gasteiger partial charge is 0.497 e. The number of fused-ring (bicyclic) bond motifs is 2. The van der Waals surface area contributed by atoms with Crippen LogP contribution in [0.3, 0.4) is 0 Å². The van der Waals surface area contributed by atoms with Crippen molar-refractivity contribution in [2.75, 3.05) is 19.0 Å². The summed E-state index contributed by atoms with van der Waals surface area (Å²) in [5.41, 5.74) is 2.34. The molecule has 1 aromatic heterocycles. The average molecular weight is 399 g/mol. The molecule has 2 amide bonds. The van der Waals surface area contributed by atoms with Crippen molar-refractivity contribution in [2.24, 2.45) is 0 Å². The van der Waals surface area contributed by atoms with Gasteiger partial charge in [-0.25, -0.2) is 0 Å². The van der Waals surface area contributed by atoms with E-state index in [4.69, 9.17) is 4.74 Å². The Morgan fingerprint density at radius 1 is 1.13 bits per heavy atom. The number of benzene rings is 2. The summed E-state index contributed by atoms with van der Waals surface area (Å²) in [5, 5.41) is 3.03. The fraction of sp³-hybridized carbons (Fsp3) is 0.208. The van der Waals surface area contributed by atoms with Crippen LogP contribution in [0.4, 0.5) is 5.69 Å². The van der Waals surface area contributed by atoms with Crippen molar-refractivity contribution in [3.63, 3.8) is 0 Å². The monoisotopic (exact) mass is 399 g/mol. The smallest absolute Gasteiger partial charge is 0.254 e. The number of nitrogens with one attached hydrogen (secondary N) is 1. The molecule has 2 unspecified atom stereocenters. The summed E-state index contributed by atoms with van der Waals surface area (Å²) in [4.78, 5) is 32.9. The molecule has 6 nitrogen and oxygen atoms in total. The molecule has 5 rings (SSSR count). The fourth-order valence-corrected chi connectivity index (χ4v) is 4.81. The Kier molecular flexibility index (Phi) is 4.28. The van der Waals surface area contributed by atoms with Crippen LogP contribution in [0, 0.1) is 0 Å². The van der Waals surface area contributed by atoms with Crippen LogP contribution in [0.5, 0.6) is 5.75 Å². The first-order valence-electron chi connectivity index (χ1n) is 9.91. The van der Waals surface area contributed by atoms with Crippen molar-refractivity contribution >= 4 is 17.5 Å². The summed E-state index contributed by atoms with van der Waals surface area (Å²) < 4.78 is 5.21. The molecule has 1 fully saturated rings. The Morgan fingerprint density at radius 2 is 1.93 bits per heavy atom. The number of methoxy groups -OCH3 is 1. The molecule has 0 saturated carbocycles. The molecular weight excluding hydrogens is 378 g/mol. The topological polar surface area (TPSA) is 71.5 Å². The normalized spacial score (nSPS) is 22.1. The lowest BCUT2D eigenvalue weighted by Gasteiger charge is -2.34. The number of likely N-dealkylation sites (tertiary alicyclic amines) is 1. The number of carbonyl (C=O) groups is 2. The van der Waals surface area contributed by atoms with Crippen LogP contribution in [0.25, 0.3) is 0 Å². The summed E-state index contributed by atoms with van der Waals surface area (Å²) in [7, 11) is 1.59. The maximum atomic E-state index is 13.5. The third-order valence-electron chi connectivity index (χ3n) is 6.18. The number of para-hydroxylation sites is 1. The molecule has 1 spiro atoms. The number of aromatic nitrogens is 1. The van der Waals surface area contributed by atoms with Crippen molar-refractivity contribution < 1.29 is 14.3 Å². The standard InChI is InChI=1S/C24H21N3O3/c1-30-18-10-8-16(9-11-18)22(28)27-14-12-24(21(27)17-5-4-13-25-15-17)19-6-2-3-7-20(19)26-23(24)29/h2-11,13,15,21H,12,14H2,1H3,(H,26,29). The van der Waals surface area contributed by atoms with E-state index in [2.05, 4.69) is 10.3 Å². The first-order chi connectivity index (χ1) is 14.6. The lowest BCUT2D eigenvalue weighted by molar-refractivity contribution is -0.121. The predicted molar refractivity (Wildman–Crippen MR) is 112 cm³/mol. The molecule has 0 aliphatic carbocycles. The SMILES string of the molecule is COc1ccc(C(=O)N2CCC3(C(=O)Nc4ccccc43)C2c2cccnc2)cc1. The van der Waals surface area contributed by atoms with Gasteiger partial charge < -0.3 is 15.0 Å². The number of nitrogens with zero attached hydrogens (tertiary/aromatic N) is 2. The predicted octanol–water partition coefficient (Wildman–Crippen LogP) is 3.57. The Labute approximate surface area is 174 Å². The third kappa shape index (κ3) is 2.60. The van der Waals surface area contributed by atoms with Gasteiger partial charge in [0.1, 0.15) is 11.2 Å². The zero-order chi connectivity index (χ0) is 20.7. The number of rotatable bonds is 3. The average Bonchev–Trinajstić information content (AvgIpc) is 3.33. The highest BCUT2D eigenvalue weighted by Gasteiger charge is 2.59. The van der Waals surface area contributed by atoms with Crippen molar-refractivity contribution in [2.45, 2.75) is 17.9 Å². The van der Waals surface area contributed by atoms with Crippen molar-refractivity contribution in [3.8, 4) is 5.75 Å². The van der Waals surface area contributed by atoms with Crippen LogP contribution in [0.15, 0.2) is 73.1 Å². The van der Waals surface area contributed by atoms with Gasteiger partial charge in [-0.15, -0.1) is 0 Å². The lowest BCUT2D eigenvalue weighted by atomic mass is 9.73. The Bertz CT molecular complexity index is 1110. The van der Waals surface area contributed by atoms with Crippen LogP contribution in [0.2, 0.25) is 0 Å². The first kappa shape index (κ1) is 18.4. The molecule has 150 valence electrons. The van der Waals surface area contributed by atoms with Crippen molar-refractivity contribution in [1.29, 1.82) is 0 Å². The zero-order valence-electron chi connectivity index (χ0n) is 16.5. The number of ether oxygens (including phenoxy) is 1. The summed E-state index contributed by atoms with van der Waals surface area (Å²) in [6, 6.07) is 18.2. The quantitative estimate of drug-likeness (QED) is 0.731. The minimum Gasteiger partial charge on any atom is -0.497 e. The highest BCUT2D eigenvalue weighted by atomic mass is 16.5. The van der Waals surface area contributed by atoms with Gasteiger partial charge >= 0.3 is 0 Å². The van der Waals surface area contributed by atoms with Crippen molar-refractivity contribution in [1.82, 2.24) is 9.88 Å². The molecule has 1 saturated heterocycles. The molecule has 6 heteroatoms. The summed E-state index contributed by atoms with van der Waals surface area (Å²) in [6.45, 7) is 0.478. The molecule has 2 aliphatic heterocycles. The highest BCUT2D eigenvalue weighted by Crippen LogP contribution is 2.54. The van der Waals surface area contributed by atoms with Gasteiger partial charge in [-0.1, -0.05) is 24.3 Å². The van der Waals surface area contributed by atoms with Crippen LogP contribution >= 0.6 is 0 Å². The number of anilines is 1. The number of hydrogen-bond acceptors (Lipinski definition) is 4. The Balaban J connectivity index is 1.63. The van der Waals surface area contributed by atoms with E-state index >= 15 is 0 Å². The van der Waals surface area contributed by atoms with Gasteiger partial charge in [0.15, 0.2) is 0 Å². The van der Waals surface area contributed by atoms with E-state index in [9.17, 15) is 9.59 Å². The van der Waals surface area contributed by atoms with Gasteiger partial charge in [0.2, 0.25) is 5.91 Å². The van der Waals surface area contributed by atoms with Crippen LogP contribution in [0.1, 0.15) is 33.9 Å². The van der Waals surface area contributed by atoms with Gasteiger partial charge in [-0.2, -0.15) is 0 Å². The van der Waals surface area contributed by atoms with E-state index in [1.54, 1.807) is 48.7 Å². The molecule has 2 aliphatic rings. The van der Waals surface area contributed by atoms with Gasteiger partial charge in [0.05, 0.1) is 13.2 Å². The van der Waals surface area contributed by atoms with Crippen molar-refractivity contribution in [3.05, 3.63) is 89.7 Å². The van der Waals surface area contributed by atoms with Crippen LogP contribution in [-0.2, 0) is 10.2 Å². The minimum absolute atomic E-state index is 0.0671. The summed E-state index contributed by atoms with van der Waals surface area (Å²) in [6.07, 6.45) is 4.00. The van der Waals surface area contributed by atoms with E-state index in [0.29, 0.717) is 24.3 Å². The van der Waals surface area contributed by atoms with E-state index < -0.39 is 11.5 Å². The minimum atomic E-state index is -0.832. The number of amides is 2. The molecule has 0 bridgehead atoms. The molecule has 3 aromatic rings. The summed E-state index contributed by atoms with van der Waals surface area (Å²) in [5.74, 6) is 0.514. The second-order valence-electron chi connectivity index (χ2n) is 7.64. The van der Waals surface area contributed by atoms with Gasteiger partial charge in [-0.3, -0.25) is 14.6 Å². The fourth-order valence-electron chi connectivity index (χ4n) is 4.81. The third-order valence-corrected chi connectivity index (χ3v) is 6.18. The molecular formula is C24H21N3O3. The second-order valence-corrected chi connectivity index (χ2v) is 7.64. The molecule has 2 atom stereocenters. The van der Waals surface area contributed by atoms with Gasteiger partial charge in [0.25, 0.3) is 5.91 Å². The number of hydrogen-bond donors (Lipinski definition) is 1. The van der Waals surface area contributed by atoms with E-state index in [0.717, 1.165) is 16.8 Å². The van der Waals surface area contributed by atoms with Crippen LogP contribution < -0.4 is 10.1 Å². The first-order valence-corrected chi connectivity index (χ1v) is 9.91. The van der Waals surface area contributed by atoms with E-state index in [1.807, 2.05) is 36.4 Å². The molecule has 2 aromatic carbocycles. The Hall–Kier alpha value is -3.67. The second kappa shape index (κ2) is 6.99. The Morgan fingerprint density at radius 3 is 2.67 bits per heavy atom.